The molecule has 0 unspecified atom stereocenters. The molecule has 5 nitrogen and oxygen atoms in total. The number of rotatable bonds is 5. The molecule has 0 bridgehead atoms. The zero-order valence-electron chi connectivity index (χ0n) is 15.1. The van der Waals surface area contributed by atoms with Crippen molar-refractivity contribution in [1.82, 2.24) is 23.7 Å². The third kappa shape index (κ3) is 3.03. The Balaban J connectivity index is 1.61. The molecule has 1 aromatic carbocycles. The van der Waals surface area contributed by atoms with Crippen molar-refractivity contribution in [1.29, 1.82) is 0 Å². The van der Waals surface area contributed by atoms with Crippen LogP contribution in [0.15, 0.2) is 78.2 Å². The molecule has 4 heterocycles. The van der Waals surface area contributed by atoms with Crippen LogP contribution in [0, 0.1) is 0 Å². The van der Waals surface area contributed by atoms with Crippen LogP contribution in [0.4, 0.5) is 0 Å². The van der Waals surface area contributed by atoms with E-state index in [1.807, 2.05) is 41.6 Å². The molecule has 0 N–H and O–H groups in total. The van der Waals surface area contributed by atoms with Gasteiger partial charge in [-0.3, -0.25) is 0 Å². The Bertz CT molecular complexity index is 1290. The Labute approximate surface area is 167 Å². The van der Waals surface area contributed by atoms with Gasteiger partial charge in [-0.25, -0.2) is 0 Å². The van der Waals surface area contributed by atoms with Crippen LogP contribution in [0.25, 0.3) is 22.1 Å². The summed E-state index contributed by atoms with van der Waals surface area (Å²) < 4.78 is 4.04. The first-order chi connectivity index (χ1) is 13.8. The summed E-state index contributed by atoms with van der Waals surface area (Å²) in [5.41, 5.74) is 4.03. The third-order valence-corrected chi connectivity index (χ3v) is 5.58. The molecule has 0 aliphatic rings. The topological polar surface area (TPSA) is 48.5 Å². The molecule has 0 aliphatic carbocycles. The van der Waals surface area contributed by atoms with E-state index in [1.54, 1.807) is 18.1 Å². The van der Waals surface area contributed by atoms with Crippen molar-refractivity contribution < 1.29 is 0 Å². The molecule has 0 saturated heterocycles. The second-order valence-electron chi connectivity index (χ2n) is 6.48. The van der Waals surface area contributed by atoms with Gasteiger partial charge in [-0.2, -0.15) is 0 Å². The Morgan fingerprint density at radius 1 is 1.00 bits per heavy atom. The molecular formula is C21H16BN5S. The third-order valence-electron chi connectivity index (χ3n) is 4.61. The fourth-order valence-electron chi connectivity index (χ4n) is 3.24. The Morgan fingerprint density at radius 2 is 1.89 bits per heavy atom. The molecule has 7 heteroatoms. The molecule has 5 rings (SSSR count). The molecule has 28 heavy (non-hydrogen) atoms. The summed E-state index contributed by atoms with van der Waals surface area (Å²) in [5.74, 6) is 0. The van der Waals surface area contributed by atoms with Crippen molar-refractivity contribution in [2.24, 2.45) is 0 Å². The zero-order valence-corrected chi connectivity index (χ0v) is 15.9. The standard InChI is InChI=1S/C21H16BN5S/c1-22-17-10-18-19(28-27-20-16(11-25-27)8-5-9-23-20)14-26(21(18)24-12-17)13-15-6-3-2-4-7-15/h2-12,14H,1,13H2. The summed E-state index contributed by atoms with van der Waals surface area (Å²) >= 11 is 1.55. The van der Waals surface area contributed by atoms with Gasteiger partial charge in [0.2, 0.25) is 0 Å². The average Bonchev–Trinajstić information content (AvgIpc) is 3.30. The second kappa shape index (κ2) is 7.09. The van der Waals surface area contributed by atoms with Crippen molar-refractivity contribution in [3.05, 3.63) is 78.9 Å². The Morgan fingerprint density at radius 3 is 2.75 bits per heavy atom. The van der Waals surface area contributed by atoms with Gasteiger partial charge < -0.3 is 0 Å². The van der Waals surface area contributed by atoms with Gasteiger partial charge in [-0.05, 0) is 0 Å². The molecule has 134 valence electrons. The van der Waals surface area contributed by atoms with Gasteiger partial charge in [0.25, 0.3) is 0 Å². The monoisotopic (exact) mass is 381 g/mol. The van der Waals surface area contributed by atoms with Crippen molar-refractivity contribution in [2.45, 2.75) is 11.4 Å². The maximum atomic E-state index is 4.69. The fourth-order valence-corrected chi connectivity index (χ4v) is 4.18. The van der Waals surface area contributed by atoms with Crippen molar-refractivity contribution in [3.8, 4) is 0 Å². The van der Waals surface area contributed by atoms with E-state index in [-0.39, 0.29) is 0 Å². The minimum atomic E-state index is 0.760. The van der Waals surface area contributed by atoms with Gasteiger partial charge >= 0.3 is 167 Å². The maximum absolute atomic E-state index is 4.69. The first-order valence-electron chi connectivity index (χ1n) is 8.94. The van der Waals surface area contributed by atoms with E-state index >= 15 is 0 Å². The van der Waals surface area contributed by atoms with Crippen LogP contribution in [0.5, 0.6) is 0 Å². The van der Waals surface area contributed by atoms with E-state index in [4.69, 9.17) is 4.98 Å². The molecule has 0 aliphatic heterocycles. The summed E-state index contributed by atoms with van der Waals surface area (Å²) in [4.78, 5) is 10.2. The predicted octanol–water partition coefficient (Wildman–Crippen LogP) is 3.15. The molecule has 0 amide bonds. The van der Waals surface area contributed by atoms with Crippen molar-refractivity contribution in [2.75, 3.05) is 0 Å². The second-order valence-corrected chi connectivity index (χ2v) is 7.44. The summed E-state index contributed by atoms with van der Waals surface area (Å²) in [6.45, 7) is 6.46. The predicted molar refractivity (Wildman–Crippen MR) is 117 cm³/mol. The van der Waals surface area contributed by atoms with Crippen LogP contribution in [-0.2, 0) is 6.54 Å². The van der Waals surface area contributed by atoms with Gasteiger partial charge in [0.1, 0.15) is 0 Å². The van der Waals surface area contributed by atoms with Crippen LogP contribution >= 0.6 is 11.9 Å². The van der Waals surface area contributed by atoms with Crippen molar-refractivity contribution in [3.63, 3.8) is 0 Å². The number of aromatic nitrogens is 5. The van der Waals surface area contributed by atoms with E-state index < -0.39 is 0 Å². The first-order valence-corrected chi connectivity index (χ1v) is 9.71. The first kappa shape index (κ1) is 17.0. The van der Waals surface area contributed by atoms with Gasteiger partial charge in [0.05, 0.1) is 0 Å². The Kier molecular flexibility index (Phi) is 4.29. The quantitative estimate of drug-likeness (QED) is 0.439. The van der Waals surface area contributed by atoms with Crippen LogP contribution in [0.3, 0.4) is 0 Å². The number of pyridine rings is 2. The molecule has 0 spiro atoms. The molecule has 4 aromatic heterocycles. The molecule has 0 atom stereocenters. The van der Waals surface area contributed by atoms with Crippen LogP contribution in [0.1, 0.15) is 5.56 Å². The van der Waals surface area contributed by atoms with Crippen LogP contribution < -0.4 is 5.46 Å². The van der Waals surface area contributed by atoms with E-state index in [9.17, 15) is 0 Å². The van der Waals surface area contributed by atoms with E-state index in [2.05, 4.69) is 57.6 Å². The van der Waals surface area contributed by atoms with Crippen LogP contribution in [0.2, 0.25) is 0 Å². The van der Waals surface area contributed by atoms with Gasteiger partial charge in [-0.1, -0.05) is 0 Å². The summed E-state index contributed by atoms with van der Waals surface area (Å²) in [7, 11) is 0. The molecule has 0 radical (unpaired) electrons. The molecule has 0 fully saturated rings. The summed E-state index contributed by atoms with van der Waals surface area (Å²) in [6, 6.07) is 16.5. The number of hydrogen-bond acceptors (Lipinski definition) is 4. The number of nitrogens with zero attached hydrogens (tertiary/aromatic N) is 5. The van der Waals surface area contributed by atoms with Gasteiger partial charge in [-0.15, -0.1) is 0 Å². The normalized spacial score (nSPS) is 11.1. The average molecular weight is 381 g/mol. The molecule has 5 aromatic rings. The summed E-state index contributed by atoms with van der Waals surface area (Å²) in [6.07, 6.45) is 7.62. The van der Waals surface area contributed by atoms with E-state index in [1.165, 1.54) is 5.56 Å². The number of fused-ring (bicyclic) bond motifs is 2. The summed E-state index contributed by atoms with van der Waals surface area (Å²) in [5, 5.41) is 6.60. The van der Waals surface area contributed by atoms with E-state index in [0.29, 0.717) is 0 Å². The fraction of sp³-hybridized carbons (Fsp3) is 0.0476. The number of hydrogen-bond donors (Lipinski definition) is 0. The van der Waals surface area contributed by atoms with Crippen molar-refractivity contribution >= 4 is 52.9 Å². The SMILES string of the molecule is C=Bc1cnc2c(c1)c(Sn1ncc3cccnc31)cn2Cc1ccccc1. The number of benzene rings is 1. The van der Waals surface area contributed by atoms with Gasteiger partial charge in [0.15, 0.2) is 0 Å². The minimum absolute atomic E-state index is 0.760. The van der Waals surface area contributed by atoms with E-state index in [0.717, 1.165) is 39.0 Å². The zero-order chi connectivity index (χ0) is 18.9. The van der Waals surface area contributed by atoms with Crippen LogP contribution in [-0.4, -0.2) is 37.1 Å². The molecule has 0 saturated carbocycles. The Hall–Kier alpha value is -3.19. The van der Waals surface area contributed by atoms with Gasteiger partial charge in [0, 0.05) is 0 Å². The molecular weight excluding hydrogens is 365 g/mol.